The number of halogens is 2. The molecule has 94 valence electrons. The van der Waals surface area contributed by atoms with Gasteiger partial charge in [0, 0.05) is 10.5 Å². The van der Waals surface area contributed by atoms with Gasteiger partial charge in [-0.2, -0.15) is 0 Å². The van der Waals surface area contributed by atoms with Crippen molar-refractivity contribution in [2.24, 2.45) is 5.73 Å². The first-order chi connectivity index (χ1) is 8.02. The molecule has 0 amide bonds. The van der Waals surface area contributed by atoms with Crippen LogP contribution in [0.3, 0.4) is 0 Å². The smallest absolute Gasteiger partial charge is 0.165 e. The normalized spacial score (nSPS) is 12.2. The lowest BCUT2D eigenvalue weighted by Crippen LogP contribution is -2.21. The number of rotatable bonds is 6. The van der Waals surface area contributed by atoms with Gasteiger partial charge in [-0.1, -0.05) is 35.5 Å². The lowest BCUT2D eigenvalue weighted by molar-refractivity contribution is 0.339. The summed E-state index contributed by atoms with van der Waals surface area (Å²) in [6.45, 7) is 5.89. The molecule has 0 fully saturated rings. The number of hydrogen-bond acceptors (Lipinski definition) is 2. The fourth-order valence-electron chi connectivity index (χ4n) is 1.39. The molecule has 0 spiro atoms. The molecule has 0 aliphatic heterocycles. The van der Waals surface area contributed by atoms with E-state index in [1.165, 1.54) is 6.07 Å². The molecular weight excluding hydrogens is 285 g/mol. The Bertz CT molecular complexity index is 395. The van der Waals surface area contributed by atoms with Crippen molar-refractivity contribution in [3.63, 3.8) is 0 Å². The van der Waals surface area contributed by atoms with Crippen molar-refractivity contribution >= 4 is 15.9 Å². The van der Waals surface area contributed by atoms with Crippen LogP contribution in [0.15, 0.2) is 29.3 Å². The summed E-state index contributed by atoms with van der Waals surface area (Å²) in [5.41, 5.74) is 6.71. The summed E-state index contributed by atoms with van der Waals surface area (Å²) in [6.07, 6.45) is 1.56. The second-order valence-electron chi connectivity index (χ2n) is 3.94. The predicted octanol–water partition coefficient (Wildman–Crippen LogP) is 3.39. The first-order valence-electron chi connectivity index (χ1n) is 5.53. The van der Waals surface area contributed by atoms with Crippen LogP contribution in [-0.4, -0.2) is 12.6 Å². The average molecular weight is 302 g/mol. The fourth-order valence-corrected chi connectivity index (χ4v) is 1.51. The van der Waals surface area contributed by atoms with Crippen molar-refractivity contribution < 1.29 is 9.13 Å². The molecule has 2 nitrogen and oxygen atoms in total. The number of hydrogen-bond donors (Lipinski definition) is 1. The molecule has 0 aliphatic rings. The zero-order chi connectivity index (χ0) is 12.8. The molecule has 0 heterocycles. The summed E-state index contributed by atoms with van der Waals surface area (Å²) in [5, 5.41) is 0. The summed E-state index contributed by atoms with van der Waals surface area (Å²) in [6, 6.07) is 5.01. The third kappa shape index (κ3) is 4.88. The number of ether oxygens (including phenoxy) is 1. The Labute approximate surface area is 110 Å². The van der Waals surface area contributed by atoms with E-state index in [1.807, 2.05) is 13.0 Å². The summed E-state index contributed by atoms with van der Waals surface area (Å²) in [4.78, 5) is 0. The van der Waals surface area contributed by atoms with Crippen LogP contribution < -0.4 is 10.5 Å². The van der Waals surface area contributed by atoms with E-state index in [1.54, 1.807) is 6.07 Å². The Hall–Kier alpha value is -0.870. The monoisotopic (exact) mass is 301 g/mol. The van der Waals surface area contributed by atoms with Crippen LogP contribution in [0.2, 0.25) is 0 Å². The molecule has 1 rings (SSSR count). The topological polar surface area (TPSA) is 35.2 Å². The van der Waals surface area contributed by atoms with Crippen LogP contribution in [0, 0.1) is 5.82 Å². The van der Waals surface area contributed by atoms with Gasteiger partial charge in [0.1, 0.15) is 6.61 Å². The van der Waals surface area contributed by atoms with E-state index in [4.69, 9.17) is 10.5 Å². The molecule has 0 saturated carbocycles. The highest BCUT2D eigenvalue weighted by atomic mass is 79.9. The fraction of sp³-hybridized carbons (Fsp3) is 0.385. The van der Waals surface area contributed by atoms with Gasteiger partial charge in [-0.25, -0.2) is 4.39 Å². The number of nitrogens with two attached hydrogens (primary N) is 1. The molecule has 4 heteroatoms. The Balaban J connectivity index is 2.68. The molecular formula is C13H17BrFNO. The van der Waals surface area contributed by atoms with E-state index < -0.39 is 0 Å². The van der Waals surface area contributed by atoms with Crippen molar-refractivity contribution in [1.82, 2.24) is 0 Å². The highest BCUT2D eigenvalue weighted by Gasteiger charge is 2.07. The minimum atomic E-state index is -0.362. The van der Waals surface area contributed by atoms with Crippen molar-refractivity contribution in [2.75, 3.05) is 6.61 Å². The second-order valence-corrected chi connectivity index (χ2v) is 5.06. The molecule has 0 saturated heterocycles. The predicted molar refractivity (Wildman–Crippen MR) is 71.9 cm³/mol. The van der Waals surface area contributed by atoms with Gasteiger partial charge in [0.05, 0.1) is 0 Å². The Morgan fingerprint density at radius 2 is 2.29 bits per heavy atom. The zero-order valence-corrected chi connectivity index (χ0v) is 11.5. The van der Waals surface area contributed by atoms with Gasteiger partial charge in [-0.05, 0) is 30.5 Å². The lowest BCUT2D eigenvalue weighted by atomic mass is 10.0. The van der Waals surface area contributed by atoms with Gasteiger partial charge < -0.3 is 10.5 Å². The number of benzene rings is 1. The Morgan fingerprint density at radius 1 is 1.59 bits per heavy atom. The van der Waals surface area contributed by atoms with Crippen LogP contribution in [0.5, 0.6) is 5.75 Å². The van der Waals surface area contributed by atoms with Gasteiger partial charge in [0.25, 0.3) is 0 Å². The maximum atomic E-state index is 13.6. The van der Waals surface area contributed by atoms with Gasteiger partial charge in [0.15, 0.2) is 11.6 Å². The quantitative estimate of drug-likeness (QED) is 0.874. The van der Waals surface area contributed by atoms with Crippen molar-refractivity contribution in [1.29, 1.82) is 0 Å². The average Bonchev–Trinajstić information content (AvgIpc) is 2.27. The Morgan fingerprint density at radius 3 is 2.82 bits per heavy atom. The van der Waals surface area contributed by atoms with Crippen LogP contribution >= 0.6 is 15.9 Å². The van der Waals surface area contributed by atoms with Crippen LogP contribution in [0.25, 0.3) is 0 Å². The summed E-state index contributed by atoms with van der Waals surface area (Å²) < 4.78 is 19.6. The molecule has 1 unspecified atom stereocenters. The molecule has 17 heavy (non-hydrogen) atoms. The molecule has 0 radical (unpaired) electrons. The maximum Gasteiger partial charge on any atom is 0.165 e. The van der Waals surface area contributed by atoms with Crippen LogP contribution in [0.4, 0.5) is 4.39 Å². The van der Waals surface area contributed by atoms with E-state index >= 15 is 0 Å². The first kappa shape index (κ1) is 14.2. The summed E-state index contributed by atoms with van der Waals surface area (Å²) in [7, 11) is 0. The largest absolute Gasteiger partial charge is 0.485 e. The van der Waals surface area contributed by atoms with Gasteiger partial charge in [0.2, 0.25) is 0 Å². The minimum Gasteiger partial charge on any atom is -0.485 e. The SMILES string of the molecule is C=C(Br)COc1ccc(CC(N)CC)cc1F. The summed E-state index contributed by atoms with van der Waals surface area (Å²) >= 11 is 3.15. The molecule has 0 aliphatic carbocycles. The Kier molecular flexibility index (Phi) is 5.65. The third-order valence-corrected chi connectivity index (χ3v) is 2.63. The van der Waals surface area contributed by atoms with E-state index in [0.29, 0.717) is 10.9 Å². The molecule has 1 aromatic carbocycles. The third-order valence-electron chi connectivity index (χ3n) is 2.40. The van der Waals surface area contributed by atoms with E-state index in [-0.39, 0.29) is 24.2 Å². The van der Waals surface area contributed by atoms with Crippen molar-refractivity contribution in [3.8, 4) is 5.75 Å². The molecule has 1 atom stereocenters. The second kappa shape index (κ2) is 6.77. The lowest BCUT2D eigenvalue weighted by Gasteiger charge is -2.11. The standard InChI is InChI=1S/C13H17BrFNO/c1-3-11(16)6-10-4-5-13(12(15)7-10)17-8-9(2)14/h4-5,7,11H,2-3,6,8,16H2,1H3. The van der Waals surface area contributed by atoms with Crippen molar-refractivity contribution in [2.45, 2.75) is 25.8 Å². The highest BCUT2D eigenvalue weighted by molar-refractivity contribution is 9.11. The van der Waals surface area contributed by atoms with Gasteiger partial charge in [-0.3, -0.25) is 0 Å². The molecule has 2 N–H and O–H groups in total. The minimum absolute atomic E-state index is 0.0727. The van der Waals surface area contributed by atoms with E-state index in [9.17, 15) is 4.39 Å². The van der Waals surface area contributed by atoms with Crippen LogP contribution in [-0.2, 0) is 6.42 Å². The molecule has 0 aromatic heterocycles. The van der Waals surface area contributed by atoms with Gasteiger partial charge in [-0.15, -0.1) is 0 Å². The van der Waals surface area contributed by atoms with Gasteiger partial charge >= 0.3 is 0 Å². The molecule has 1 aromatic rings. The highest BCUT2D eigenvalue weighted by Crippen LogP contribution is 2.20. The zero-order valence-electron chi connectivity index (χ0n) is 9.88. The van der Waals surface area contributed by atoms with Crippen LogP contribution in [0.1, 0.15) is 18.9 Å². The van der Waals surface area contributed by atoms with Crippen molar-refractivity contribution in [3.05, 3.63) is 40.6 Å². The first-order valence-corrected chi connectivity index (χ1v) is 6.32. The molecule has 0 bridgehead atoms. The van der Waals surface area contributed by atoms with E-state index in [0.717, 1.165) is 12.0 Å². The summed E-state index contributed by atoms with van der Waals surface area (Å²) in [5.74, 6) is -0.126. The van der Waals surface area contributed by atoms with E-state index in [2.05, 4.69) is 22.5 Å². The maximum absolute atomic E-state index is 13.6.